The van der Waals surface area contributed by atoms with Crippen LogP contribution in [0.15, 0.2) is 0 Å². The molecule has 2 N–H and O–H groups in total. The highest BCUT2D eigenvalue weighted by Gasteiger charge is 2.19. The Morgan fingerprint density at radius 3 is 2.57 bits per heavy atom. The van der Waals surface area contributed by atoms with Gasteiger partial charge >= 0.3 is 0 Å². The van der Waals surface area contributed by atoms with Crippen LogP contribution >= 0.6 is 11.6 Å². The molecule has 0 aromatic heterocycles. The zero-order chi connectivity index (χ0) is 11.2. The van der Waals surface area contributed by atoms with E-state index in [0.717, 1.165) is 12.8 Å². The van der Waals surface area contributed by atoms with Gasteiger partial charge in [-0.25, -0.2) is 0 Å². The Morgan fingerprint density at radius 2 is 2.14 bits per heavy atom. The van der Waals surface area contributed by atoms with E-state index in [1.807, 2.05) is 0 Å². The van der Waals surface area contributed by atoms with Gasteiger partial charge in [-0.15, -0.1) is 11.6 Å². The van der Waals surface area contributed by atoms with Gasteiger partial charge in [0.15, 0.2) is 0 Å². The summed E-state index contributed by atoms with van der Waals surface area (Å²) in [5.74, 6) is -0.135. The van der Waals surface area contributed by atoms with Crippen molar-refractivity contribution in [1.29, 1.82) is 0 Å². The number of nitrogens with one attached hydrogen (secondary N) is 1. The van der Waals surface area contributed by atoms with E-state index in [0.29, 0.717) is 6.54 Å². The third-order valence-corrected chi connectivity index (χ3v) is 2.31. The molecule has 1 amide bonds. The highest BCUT2D eigenvalue weighted by Crippen LogP contribution is 2.20. The number of aliphatic hydroxyl groups excluding tert-OH is 1. The van der Waals surface area contributed by atoms with E-state index in [9.17, 15) is 4.79 Å². The summed E-state index contributed by atoms with van der Waals surface area (Å²) in [6, 6.07) is 0. The Balaban J connectivity index is 3.80. The van der Waals surface area contributed by atoms with Crippen molar-refractivity contribution in [3.63, 3.8) is 0 Å². The molecule has 14 heavy (non-hydrogen) atoms. The Hall–Kier alpha value is -0.280. The number of hydrogen-bond donors (Lipinski definition) is 2. The predicted octanol–water partition coefficient (Wildman–Crippen LogP) is 1.53. The lowest BCUT2D eigenvalue weighted by Crippen LogP contribution is -2.37. The molecule has 1 unspecified atom stereocenters. The zero-order valence-electron chi connectivity index (χ0n) is 9.14. The molecule has 0 aliphatic carbocycles. The molecule has 0 aliphatic heterocycles. The Labute approximate surface area is 90.8 Å². The average Bonchev–Trinajstić information content (AvgIpc) is 2.11. The molecule has 0 saturated heterocycles. The van der Waals surface area contributed by atoms with E-state index < -0.39 is 5.38 Å². The first-order valence-corrected chi connectivity index (χ1v) is 5.35. The molecular weight excluding hydrogens is 202 g/mol. The van der Waals surface area contributed by atoms with Crippen LogP contribution in [0.4, 0.5) is 0 Å². The number of halogens is 1. The van der Waals surface area contributed by atoms with Crippen molar-refractivity contribution in [2.45, 2.75) is 39.0 Å². The van der Waals surface area contributed by atoms with Gasteiger partial charge in [-0.2, -0.15) is 0 Å². The lowest BCUT2D eigenvalue weighted by molar-refractivity contribution is -0.120. The second kappa shape index (κ2) is 6.25. The molecule has 0 aliphatic rings. The topological polar surface area (TPSA) is 49.3 Å². The molecule has 0 fully saturated rings. The lowest BCUT2D eigenvalue weighted by Gasteiger charge is -2.24. The first kappa shape index (κ1) is 13.7. The Morgan fingerprint density at radius 1 is 1.57 bits per heavy atom. The SMILES string of the molecule is CC(Cl)C(=O)NCC(C)(C)CCCO. The van der Waals surface area contributed by atoms with Gasteiger partial charge in [-0.3, -0.25) is 4.79 Å². The molecule has 84 valence electrons. The summed E-state index contributed by atoms with van der Waals surface area (Å²) >= 11 is 5.61. The fourth-order valence-electron chi connectivity index (χ4n) is 1.11. The maximum Gasteiger partial charge on any atom is 0.237 e. The maximum absolute atomic E-state index is 11.2. The van der Waals surface area contributed by atoms with Crippen LogP contribution in [0.3, 0.4) is 0 Å². The van der Waals surface area contributed by atoms with Gasteiger partial charge in [0.2, 0.25) is 5.91 Å². The van der Waals surface area contributed by atoms with Gasteiger partial charge in [0.05, 0.1) is 0 Å². The fraction of sp³-hybridized carbons (Fsp3) is 0.900. The molecule has 0 aromatic rings. The van der Waals surface area contributed by atoms with Crippen LogP contribution in [0.2, 0.25) is 0 Å². The lowest BCUT2D eigenvalue weighted by atomic mass is 9.88. The van der Waals surface area contributed by atoms with Crippen molar-refractivity contribution in [2.75, 3.05) is 13.2 Å². The van der Waals surface area contributed by atoms with Crippen LogP contribution in [-0.2, 0) is 4.79 Å². The minimum atomic E-state index is -0.483. The zero-order valence-corrected chi connectivity index (χ0v) is 9.90. The van der Waals surface area contributed by atoms with Gasteiger partial charge in [-0.05, 0) is 25.2 Å². The van der Waals surface area contributed by atoms with Crippen molar-refractivity contribution < 1.29 is 9.90 Å². The molecule has 0 heterocycles. The summed E-state index contributed by atoms with van der Waals surface area (Å²) in [4.78, 5) is 11.2. The van der Waals surface area contributed by atoms with Crippen molar-refractivity contribution >= 4 is 17.5 Å². The van der Waals surface area contributed by atoms with Crippen molar-refractivity contribution in [2.24, 2.45) is 5.41 Å². The van der Waals surface area contributed by atoms with Gasteiger partial charge in [0.1, 0.15) is 5.38 Å². The van der Waals surface area contributed by atoms with Crippen molar-refractivity contribution in [1.82, 2.24) is 5.32 Å². The quantitative estimate of drug-likeness (QED) is 0.669. The number of amides is 1. The van der Waals surface area contributed by atoms with E-state index in [1.165, 1.54) is 0 Å². The second-order valence-electron chi connectivity index (χ2n) is 4.33. The first-order valence-electron chi connectivity index (χ1n) is 4.92. The molecule has 0 bridgehead atoms. The third kappa shape index (κ3) is 6.22. The van der Waals surface area contributed by atoms with Crippen LogP contribution in [0, 0.1) is 5.41 Å². The molecule has 0 radical (unpaired) electrons. The predicted molar refractivity (Wildman–Crippen MR) is 58.4 cm³/mol. The molecular formula is C10H20ClNO2. The summed E-state index contributed by atoms with van der Waals surface area (Å²) in [6.45, 7) is 6.56. The van der Waals surface area contributed by atoms with Gasteiger partial charge in [0, 0.05) is 13.2 Å². The minimum absolute atomic E-state index is 0.0180. The summed E-state index contributed by atoms with van der Waals surface area (Å²) in [6.07, 6.45) is 1.65. The summed E-state index contributed by atoms with van der Waals surface area (Å²) in [5.41, 5.74) is 0.0180. The Kier molecular flexibility index (Phi) is 6.12. The highest BCUT2D eigenvalue weighted by atomic mass is 35.5. The smallest absolute Gasteiger partial charge is 0.237 e. The molecule has 3 nitrogen and oxygen atoms in total. The molecule has 4 heteroatoms. The summed E-state index contributed by atoms with van der Waals surface area (Å²) < 4.78 is 0. The number of aliphatic hydroxyl groups is 1. The Bertz CT molecular complexity index is 181. The average molecular weight is 222 g/mol. The largest absolute Gasteiger partial charge is 0.396 e. The molecule has 0 rings (SSSR count). The number of hydrogen-bond acceptors (Lipinski definition) is 2. The number of alkyl halides is 1. The molecule has 0 aromatic carbocycles. The number of carbonyl (C=O) groups is 1. The van der Waals surface area contributed by atoms with Crippen LogP contribution in [0.25, 0.3) is 0 Å². The minimum Gasteiger partial charge on any atom is -0.396 e. The van der Waals surface area contributed by atoms with Crippen LogP contribution < -0.4 is 5.32 Å². The number of rotatable bonds is 6. The third-order valence-electron chi connectivity index (χ3n) is 2.11. The highest BCUT2D eigenvalue weighted by molar-refractivity contribution is 6.30. The van der Waals surface area contributed by atoms with Crippen LogP contribution in [0.1, 0.15) is 33.6 Å². The fourth-order valence-corrected chi connectivity index (χ4v) is 1.19. The van der Waals surface area contributed by atoms with E-state index in [1.54, 1.807) is 6.92 Å². The van der Waals surface area contributed by atoms with Crippen molar-refractivity contribution in [3.05, 3.63) is 0 Å². The second-order valence-corrected chi connectivity index (χ2v) is 4.98. The molecule has 0 saturated carbocycles. The maximum atomic E-state index is 11.2. The summed E-state index contributed by atoms with van der Waals surface area (Å²) in [7, 11) is 0. The van der Waals surface area contributed by atoms with Crippen LogP contribution in [0.5, 0.6) is 0 Å². The van der Waals surface area contributed by atoms with Gasteiger partial charge < -0.3 is 10.4 Å². The van der Waals surface area contributed by atoms with E-state index in [2.05, 4.69) is 19.2 Å². The normalized spacial score (nSPS) is 13.8. The number of carbonyl (C=O) groups excluding carboxylic acids is 1. The van der Waals surface area contributed by atoms with Crippen molar-refractivity contribution in [3.8, 4) is 0 Å². The van der Waals surface area contributed by atoms with E-state index in [-0.39, 0.29) is 17.9 Å². The van der Waals surface area contributed by atoms with E-state index in [4.69, 9.17) is 16.7 Å². The molecule has 1 atom stereocenters. The van der Waals surface area contributed by atoms with Crippen LogP contribution in [-0.4, -0.2) is 29.5 Å². The first-order chi connectivity index (χ1) is 6.39. The van der Waals surface area contributed by atoms with E-state index >= 15 is 0 Å². The van der Waals surface area contributed by atoms with Gasteiger partial charge in [0.25, 0.3) is 0 Å². The monoisotopic (exact) mass is 221 g/mol. The summed E-state index contributed by atoms with van der Waals surface area (Å²) in [5, 5.41) is 11.0. The van der Waals surface area contributed by atoms with Gasteiger partial charge in [-0.1, -0.05) is 13.8 Å². The standard InChI is InChI=1S/C10H20ClNO2/c1-8(11)9(14)12-7-10(2,3)5-4-6-13/h8,13H,4-7H2,1-3H3,(H,12,14). The molecule has 0 spiro atoms.